The number of amides is 1. The SMILES string of the molecule is C#CCOc1cc(Br)c(/C=C(\C#N)C(=O)Nc2cccc(Cl)c2)cc1OCC. The van der Waals surface area contributed by atoms with Gasteiger partial charge in [-0.15, -0.1) is 6.42 Å². The smallest absolute Gasteiger partial charge is 0.266 e. The minimum Gasteiger partial charge on any atom is -0.490 e. The molecule has 0 aliphatic heterocycles. The largest absolute Gasteiger partial charge is 0.490 e. The van der Waals surface area contributed by atoms with Gasteiger partial charge in [-0.1, -0.05) is 39.5 Å². The summed E-state index contributed by atoms with van der Waals surface area (Å²) in [5.41, 5.74) is 0.987. The van der Waals surface area contributed by atoms with Crippen molar-refractivity contribution in [2.45, 2.75) is 6.92 Å². The van der Waals surface area contributed by atoms with Crippen molar-refractivity contribution in [2.75, 3.05) is 18.5 Å². The Hall–Kier alpha value is -2.93. The molecule has 0 fully saturated rings. The normalized spacial score (nSPS) is 10.5. The Morgan fingerprint density at radius 2 is 2.07 bits per heavy atom. The first-order chi connectivity index (χ1) is 13.5. The maximum atomic E-state index is 12.5. The van der Waals surface area contributed by atoms with Crippen LogP contribution in [0.5, 0.6) is 11.5 Å². The number of nitriles is 1. The topological polar surface area (TPSA) is 71.3 Å². The standard InChI is InChI=1S/C21H16BrClN2O3/c1-3-8-28-20-12-18(22)14(10-19(20)27-4-2)9-15(13-24)21(26)25-17-7-5-6-16(23)11-17/h1,5-7,9-12H,4,8H2,2H3,(H,25,26)/b15-9+. The van der Waals surface area contributed by atoms with Gasteiger partial charge in [-0.3, -0.25) is 4.79 Å². The van der Waals surface area contributed by atoms with Crippen LogP contribution in [0.1, 0.15) is 12.5 Å². The van der Waals surface area contributed by atoms with Gasteiger partial charge in [0.2, 0.25) is 0 Å². The second-order valence-corrected chi connectivity index (χ2v) is 6.67. The van der Waals surface area contributed by atoms with Crippen molar-refractivity contribution in [3.05, 3.63) is 57.0 Å². The fraction of sp³-hybridized carbons (Fsp3) is 0.143. The van der Waals surface area contributed by atoms with Crippen LogP contribution < -0.4 is 14.8 Å². The molecule has 1 N–H and O–H groups in total. The van der Waals surface area contributed by atoms with E-state index >= 15 is 0 Å². The van der Waals surface area contributed by atoms with E-state index in [1.165, 1.54) is 6.08 Å². The van der Waals surface area contributed by atoms with Crippen LogP contribution in [0.4, 0.5) is 5.69 Å². The number of terminal acetylenes is 1. The molecule has 0 aromatic heterocycles. The molecule has 142 valence electrons. The number of hydrogen-bond donors (Lipinski definition) is 1. The second kappa shape index (κ2) is 10.4. The highest BCUT2D eigenvalue weighted by molar-refractivity contribution is 9.10. The highest BCUT2D eigenvalue weighted by Gasteiger charge is 2.14. The van der Waals surface area contributed by atoms with Crippen molar-refractivity contribution in [2.24, 2.45) is 0 Å². The van der Waals surface area contributed by atoms with E-state index in [1.807, 2.05) is 13.0 Å². The van der Waals surface area contributed by atoms with Crippen LogP contribution in [0.2, 0.25) is 5.02 Å². The molecule has 5 nitrogen and oxygen atoms in total. The third-order valence-corrected chi connectivity index (χ3v) is 4.34. The molecule has 0 atom stereocenters. The predicted molar refractivity (Wildman–Crippen MR) is 113 cm³/mol. The molecule has 2 rings (SSSR count). The molecule has 0 aliphatic rings. The summed E-state index contributed by atoms with van der Waals surface area (Å²) in [6.07, 6.45) is 6.69. The molecule has 0 heterocycles. The maximum absolute atomic E-state index is 12.5. The van der Waals surface area contributed by atoms with E-state index in [0.29, 0.717) is 38.9 Å². The van der Waals surface area contributed by atoms with Crippen LogP contribution in [-0.4, -0.2) is 19.1 Å². The monoisotopic (exact) mass is 458 g/mol. The summed E-state index contributed by atoms with van der Waals surface area (Å²) in [4.78, 5) is 12.5. The summed E-state index contributed by atoms with van der Waals surface area (Å²) in [6, 6.07) is 11.9. The molecule has 0 spiro atoms. The van der Waals surface area contributed by atoms with Gasteiger partial charge in [0.05, 0.1) is 6.61 Å². The number of benzene rings is 2. The summed E-state index contributed by atoms with van der Waals surface area (Å²) in [5, 5.41) is 12.5. The first-order valence-electron chi connectivity index (χ1n) is 8.19. The van der Waals surface area contributed by atoms with Crippen LogP contribution in [0, 0.1) is 23.7 Å². The third kappa shape index (κ3) is 5.79. The number of carbonyl (C=O) groups is 1. The molecule has 0 radical (unpaired) electrons. The number of rotatable bonds is 7. The Kier molecular flexibility index (Phi) is 7.95. The third-order valence-electron chi connectivity index (χ3n) is 3.42. The zero-order valence-electron chi connectivity index (χ0n) is 15.0. The second-order valence-electron chi connectivity index (χ2n) is 5.38. The van der Waals surface area contributed by atoms with Crippen molar-refractivity contribution in [3.63, 3.8) is 0 Å². The first-order valence-corrected chi connectivity index (χ1v) is 9.37. The van der Waals surface area contributed by atoms with Gasteiger partial charge in [0.15, 0.2) is 11.5 Å². The zero-order chi connectivity index (χ0) is 20.5. The van der Waals surface area contributed by atoms with Crippen LogP contribution in [0.15, 0.2) is 46.4 Å². The Morgan fingerprint density at radius 3 is 2.71 bits per heavy atom. The Labute approximate surface area is 177 Å². The van der Waals surface area contributed by atoms with Crippen LogP contribution in [0.3, 0.4) is 0 Å². The van der Waals surface area contributed by atoms with Crippen molar-refractivity contribution < 1.29 is 14.3 Å². The van der Waals surface area contributed by atoms with Gasteiger partial charge in [-0.25, -0.2) is 0 Å². The van der Waals surface area contributed by atoms with Crippen LogP contribution in [0.25, 0.3) is 6.08 Å². The lowest BCUT2D eigenvalue weighted by atomic mass is 10.1. The number of nitrogens with zero attached hydrogens (tertiary/aromatic N) is 1. The molecule has 28 heavy (non-hydrogen) atoms. The summed E-state index contributed by atoms with van der Waals surface area (Å²) in [5.74, 6) is 2.76. The summed E-state index contributed by atoms with van der Waals surface area (Å²) < 4.78 is 11.7. The first kappa shape index (κ1) is 21.4. The van der Waals surface area contributed by atoms with E-state index < -0.39 is 5.91 Å². The molecule has 1 amide bonds. The number of hydrogen-bond acceptors (Lipinski definition) is 4. The molecule has 2 aromatic carbocycles. The quantitative estimate of drug-likeness (QED) is 0.357. The van der Waals surface area contributed by atoms with E-state index in [4.69, 9.17) is 27.5 Å². The lowest BCUT2D eigenvalue weighted by Crippen LogP contribution is -2.13. The molecule has 0 bridgehead atoms. The van der Waals surface area contributed by atoms with Gasteiger partial charge >= 0.3 is 0 Å². The minimum atomic E-state index is -0.553. The molecule has 0 aliphatic carbocycles. The lowest BCUT2D eigenvalue weighted by molar-refractivity contribution is -0.112. The summed E-state index contributed by atoms with van der Waals surface area (Å²) >= 11 is 9.33. The maximum Gasteiger partial charge on any atom is 0.266 e. The molecule has 2 aromatic rings. The van der Waals surface area contributed by atoms with Crippen LogP contribution >= 0.6 is 27.5 Å². The fourth-order valence-corrected chi connectivity index (χ4v) is 2.86. The van der Waals surface area contributed by atoms with Gasteiger partial charge in [-0.2, -0.15) is 5.26 Å². The van der Waals surface area contributed by atoms with Crippen LogP contribution in [-0.2, 0) is 4.79 Å². The molecular formula is C21H16BrClN2O3. The molecule has 0 saturated carbocycles. The van der Waals surface area contributed by atoms with E-state index in [-0.39, 0.29) is 12.2 Å². The van der Waals surface area contributed by atoms with Gasteiger partial charge in [0.25, 0.3) is 5.91 Å². The van der Waals surface area contributed by atoms with E-state index in [2.05, 4.69) is 27.2 Å². The number of halogens is 2. The summed E-state index contributed by atoms with van der Waals surface area (Å²) in [7, 11) is 0. The Bertz CT molecular complexity index is 990. The number of anilines is 1. The van der Waals surface area contributed by atoms with Crippen molar-refractivity contribution in [1.82, 2.24) is 0 Å². The zero-order valence-corrected chi connectivity index (χ0v) is 17.3. The van der Waals surface area contributed by atoms with Gasteiger partial charge in [0.1, 0.15) is 18.2 Å². The van der Waals surface area contributed by atoms with Gasteiger partial charge in [0, 0.05) is 15.2 Å². The average molecular weight is 460 g/mol. The Balaban J connectivity index is 2.34. The van der Waals surface area contributed by atoms with E-state index in [0.717, 1.165) is 0 Å². The number of ether oxygens (including phenoxy) is 2. The van der Waals surface area contributed by atoms with E-state index in [1.54, 1.807) is 36.4 Å². The van der Waals surface area contributed by atoms with E-state index in [9.17, 15) is 10.1 Å². The molecule has 0 saturated heterocycles. The van der Waals surface area contributed by atoms with Crippen molar-refractivity contribution in [3.8, 4) is 29.9 Å². The average Bonchev–Trinajstić information content (AvgIpc) is 2.66. The van der Waals surface area contributed by atoms with Crippen molar-refractivity contribution in [1.29, 1.82) is 5.26 Å². The highest BCUT2D eigenvalue weighted by atomic mass is 79.9. The van der Waals surface area contributed by atoms with Gasteiger partial charge in [-0.05, 0) is 48.9 Å². The minimum absolute atomic E-state index is 0.0829. The van der Waals surface area contributed by atoms with Crippen molar-refractivity contribution >= 4 is 45.2 Å². The fourth-order valence-electron chi connectivity index (χ4n) is 2.23. The Morgan fingerprint density at radius 1 is 1.32 bits per heavy atom. The number of nitrogens with one attached hydrogen (secondary N) is 1. The highest BCUT2D eigenvalue weighted by Crippen LogP contribution is 2.35. The molecular weight excluding hydrogens is 444 g/mol. The molecule has 7 heteroatoms. The predicted octanol–water partition coefficient (Wildman–Crippen LogP) is 5.06. The number of carbonyl (C=O) groups excluding carboxylic acids is 1. The lowest BCUT2D eigenvalue weighted by Gasteiger charge is -2.13. The van der Waals surface area contributed by atoms with Gasteiger partial charge < -0.3 is 14.8 Å². The summed E-state index contributed by atoms with van der Waals surface area (Å²) in [6.45, 7) is 2.34. The molecule has 0 unspecified atom stereocenters.